The Bertz CT molecular complexity index is 324. The minimum Gasteiger partial charge on any atom is -0.355 e. The Balaban J connectivity index is 4.25. The maximum atomic E-state index is 12.1. The average Bonchev–Trinajstić information content (AvgIpc) is 2.39. The number of nitrogens with zero attached hydrogens (tertiary/aromatic N) is 1. The quantitative estimate of drug-likeness (QED) is 0.681. The Kier molecular flexibility index (Phi) is 9.26. The highest BCUT2D eigenvalue weighted by Gasteiger charge is 2.25. The van der Waals surface area contributed by atoms with Gasteiger partial charge in [-0.3, -0.25) is 9.59 Å². The van der Waals surface area contributed by atoms with Gasteiger partial charge in [0.1, 0.15) is 0 Å². The van der Waals surface area contributed by atoms with Gasteiger partial charge in [-0.2, -0.15) is 0 Å². The molecule has 0 aliphatic heterocycles. The van der Waals surface area contributed by atoms with Crippen molar-refractivity contribution in [1.29, 1.82) is 0 Å². The predicted octanol–water partition coefficient (Wildman–Crippen LogP) is 1.76. The first kappa shape index (κ1) is 19.9. The summed E-state index contributed by atoms with van der Waals surface area (Å²) in [5.74, 6) is 0.351. The molecule has 5 heteroatoms. The Hall–Kier alpha value is -1.10. The fourth-order valence-electron chi connectivity index (χ4n) is 2.32. The summed E-state index contributed by atoms with van der Waals surface area (Å²) < 4.78 is 0. The second kappa shape index (κ2) is 9.77. The molecule has 0 heterocycles. The summed E-state index contributed by atoms with van der Waals surface area (Å²) in [6.07, 6.45) is 3.12. The molecular formula is C16H33N3O2. The summed E-state index contributed by atoms with van der Waals surface area (Å²) in [4.78, 5) is 25.2. The highest BCUT2D eigenvalue weighted by molar-refractivity contribution is 5.84. The van der Waals surface area contributed by atoms with Crippen LogP contribution in [-0.2, 0) is 9.59 Å². The van der Waals surface area contributed by atoms with Crippen LogP contribution >= 0.6 is 0 Å². The summed E-state index contributed by atoms with van der Waals surface area (Å²) >= 11 is 0. The first-order chi connectivity index (χ1) is 9.72. The highest BCUT2D eigenvalue weighted by atomic mass is 16.2. The third-order valence-electron chi connectivity index (χ3n) is 3.83. The van der Waals surface area contributed by atoms with Gasteiger partial charge in [-0.15, -0.1) is 0 Å². The van der Waals surface area contributed by atoms with E-state index in [9.17, 15) is 9.59 Å². The van der Waals surface area contributed by atoms with Crippen molar-refractivity contribution in [2.75, 3.05) is 26.7 Å². The molecule has 124 valence electrons. The first-order valence-electron chi connectivity index (χ1n) is 7.93. The molecule has 0 aliphatic rings. The molecule has 0 aromatic rings. The lowest BCUT2D eigenvalue weighted by Crippen LogP contribution is -2.38. The molecule has 5 nitrogen and oxygen atoms in total. The Morgan fingerprint density at radius 1 is 1.24 bits per heavy atom. The van der Waals surface area contributed by atoms with Crippen LogP contribution in [0, 0.1) is 11.3 Å². The number of nitrogens with one attached hydrogen (secondary N) is 1. The van der Waals surface area contributed by atoms with Gasteiger partial charge in [-0.25, -0.2) is 0 Å². The number of likely N-dealkylation sites (N-methyl/N-ethyl adjacent to an activating group) is 1. The number of carbonyl (C=O) groups excluding carboxylic acids is 2. The molecule has 0 aromatic heterocycles. The van der Waals surface area contributed by atoms with Gasteiger partial charge in [0.25, 0.3) is 0 Å². The van der Waals surface area contributed by atoms with Gasteiger partial charge in [0.05, 0.1) is 6.54 Å². The molecule has 0 aliphatic carbocycles. The Morgan fingerprint density at radius 3 is 2.33 bits per heavy atom. The van der Waals surface area contributed by atoms with E-state index in [1.54, 1.807) is 7.05 Å². The summed E-state index contributed by atoms with van der Waals surface area (Å²) in [6.45, 7) is 9.98. The van der Waals surface area contributed by atoms with Crippen LogP contribution in [0.1, 0.15) is 53.4 Å². The molecule has 0 saturated carbocycles. The second-order valence-electron chi connectivity index (χ2n) is 6.78. The van der Waals surface area contributed by atoms with E-state index in [2.05, 4.69) is 26.1 Å². The zero-order valence-electron chi connectivity index (χ0n) is 14.4. The van der Waals surface area contributed by atoms with Gasteiger partial charge < -0.3 is 16.0 Å². The van der Waals surface area contributed by atoms with E-state index in [0.29, 0.717) is 25.4 Å². The van der Waals surface area contributed by atoms with Crippen molar-refractivity contribution in [1.82, 2.24) is 10.2 Å². The Labute approximate surface area is 129 Å². The van der Waals surface area contributed by atoms with Crippen molar-refractivity contribution in [3.05, 3.63) is 0 Å². The first-order valence-corrected chi connectivity index (χ1v) is 7.93. The lowest BCUT2D eigenvalue weighted by Gasteiger charge is -2.31. The predicted molar refractivity (Wildman–Crippen MR) is 86.8 cm³/mol. The summed E-state index contributed by atoms with van der Waals surface area (Å²) in [7, 11) is 1.68. The van der Waals surface area contributed by atoms with E-state index in [1.165, 1.54) is 4.90 Å². The summed E-state index contributed by atoms with van der Waals surface area (Å²) in [6, 6.07) is 0. The third kappa shape index (κ3) is 8.71. The number of nitrogens with two attached hydrogens (primary N) is 1. The second-order valence-corrected chi connectivity index (χ2v) is 6.78. The van der Waals surface area contributed by atoms with Crippen LogP contribution in [0.15, 0.2) is 0 Å². The van der Waals surface area contributed by atoms with Gasteiger partial charge in [0.2, 0.25) is 11.8 Å². The van der Waals surface area contributed by atoms with Crippen molar-refractivity contribution in [3.63, 3.8) is 0 Å². The van der Waals surface area contributed by atoms with Crippen molar-refractivity contribution in [2.45, 2.75) is 53.4 Å². The molecule has 1 atom stereocenters. The van der Waals surface area contributed by atoms with E-state index in [1.807, 2.05) is 6.92 Å². The largest absolute Gasteiger partial charge is 0.355 e. The van der Waals surface area contributed by atoms with E-state index in [-0.39, 0.29) is 23.8 Å². The topological polar surface area (TPSA) is 75.4 Å². The van der Waals surface area contributed by atoms with Crippen molar-refractivity contribution in [3.8, 4) is 0 Å². The van der Waals surface area contributed by atoms with Crippen LogP contribution in [0.2, 0.25) is 0 Å². The summed E-state index contributed by atoms with van der Waals surface area (Å²) in [5, 5.41) is 2.78. The number of rotatable bonds is 9. The smallest absolute Gasteiger partial charge is 0.239 e. The van der Waals surface area contributed by atoms with E-state index >= 15 is 0 Å². The molecule has 0 aromatic carbocycles. The fraction of sp³-hybridized carbons (Fsp3) is 0.875. The van der Waals surface area contributed by atoms with Gasteiger partial charge in [0, 0.05) is 20.0 Å². The van der Waals surface area contributed by atoms with Crippen LogP contribution in [0.4, 0.5) is 0 Å². The molecule has 1 unspecified atom stereocenters. The van der Waals surface area contributed by atoms with Crippen molar-refractivity contribution >= 4 is 11.8 Å². The van der Waals surface area contributed by atoms with Crippen molar-refractivity contribution in [2.24, 2.45) is 17.1 Å². The molecule has 0 bridgehead atoms. The summed E-state index contributed by atoms with van der Waals surface area (Å²) in [5.41, 5.74) is 5.81. The average molecular weight is 299 g/mol. The molecule has 0 rings (SSSR count). The number of carbonyl (C=O) groups is 2. The van der Waals surface area contributed by atoms with Gasteiger partial charge in [0.15, 0.2) is 0 Å². The van der Waals surface area contributed by atoms with Gasteiger partial charge in [-0.1, -0.05) is 27.7 Å². The van der Waals surface area contributed by atoms with Crippen LogP contribution in [0.25, 0.3) is 0 Å². The molecular weight excluding hydrogens is 266 g/mol. The molecule has 21 heavy (non-hydrogen) atoms. The number of amides is 2. The van der Waals surface area contributed by atoms with Crippen LogP contribution in [0.5, 0.6) is 0 Å². The molecule has 0 spiro atoms. The molecule has 2 amide bonds. The Morgan fingerprint density at radius 2 is 1.86 bits per heavy atom. The van der Waals surface area contributed by atoms with Crippen LogP contribution < -0.4 is 11.1 Å². The lowest BCUT2D eigenvalue weighted by molar-refractivity contribution is -0.135. The normalized spacial score (nSPS) is 12.9. The third-order valence-corrected chi connectivity index (χ3v) is 3.83. The number of hydrogen-bond donors (Lipinski definition) is 2. The minimum atomic E-state index is -0.0953. The standard InChI is InChI=1S/C16H33N3O2/c1-6-11-18-14(20)12-19(5)15(21)8-7-13(9-10-17)16(2,3)4/h13H,6-12,17H2,1-5H3,(H,18,20). The van der Waals surface area contributed by atoms with Gasteiger partial charge in [-0.05, 0) is 37.1 Å². The maximum Gasteiger partial charge on any atom is 0.239 e. The molecule has 0 fully saturated rings. The monoisotopic (exact) mass is 299 g/mol. The number of hydrogen-bond acceptors (Lipinski definition) is 3. The lowest BCUT2D eigenvalue weighted by atomic mass is 9.76. The van der Waals surface area contributed by atoms with Crippen LogP contribution in [-0.4, -0.2) is 43.4 Å². The van der Waals surface area contributed by atoms with Gasteiger partial charge >= 0.3 is 0 Å². The molecule has 0 saturated heterocycles. The zero-order valence-corrected chi connectivity index (χ0v) is 14.4. The molecule has 3 N–H and O–H groups in total. The van der Waals surface area contributed by atoms with E-state index < -0.39 is 0 Å². The van der Waals surface area contributed by atoms with E-state index in [0.717, 1.165) is 19.3 Å². The van der Waals surface area contributed by atoms with E-state index in [4.69, 9.17) is 5.73 Å². The zero-order chi connectivity index (χ0) is 16.5. The maximum absolute atomic E-state index is 12.1. The SMILES string of the molecule is CCCNC(=O)CN(C)C(=O)CCC(CCN)C(C)(C)C. The minimum absolute atomic E-state index is 0.0212. The van der Waals surface area contributed by atoms with Crippen LogP contribution in [0.3, 0.4) is 0 Å². The fourth-order valence-corrected chi connectivity index (χ4v) is 2.32. The highest BCUT2D eigenvalue weighted by Crippen LogP contribution is 2.32. The van der Waals surface area contributed by atoms with Crippen molar-refractivity contribution < 1.29 is 9.59 Å². The molecule has 0 radical (unpaired) electrons.